The SMILES string of the molecule is CC(O)(C(=O)NCC(F)(F)C(F)(F)F)C(=O)N[C@@H]1C(=O)Nc2cc(F)ccc2O[C@@H]1C1CC1. The van der Waals surface area contributed by atoms with Crippen molar-refractivity contribution in [2.24, 2.45) is 5.92 Å². The first kappa shape index (κ1) is 24.6. The molecule has 1 unspecified atom stereocenters. The standard InChI is InChI=1S/C19H19F6N3O5/c1-17(32,15(30)26-7-18(21,22)19(23,24)25)16(31)28-12-13(8-2-3-8)33-11-5-4-9(20)6-10(11)27-14(12)29/h4-6,8,12-13,32H,2-3,7H2,1H3,(H,26,30)(H,27,29)(H,28,31)/t12-,13+,17?/m0/s1. The highest BCUT2D eigenvalue weighted by Crippen LogP contribution is 2.40. The van der Waals surface area contributed by atoms with Gasteiger partial charge in [0.05, 0.1) is 12.2 Å². The van der Waals surface area contributed by atoms with Crippen molar-refractivity contribution in [3.63, 3.8) is 0 Å². The summed E-state index contributed by atoms with van der Waals surface area (Å²) >= 11 is 0. The molecule has 0 saturated heterocycles. The van der Waals surface area contributed by atoms with Gasteiger partial charge in [0.25, 0.3) is 17.7 Å². The highest BCUT2D eigenvalue weighted by Gasteiger charge is 2.58. The summed E-state index contributed by atoms with van der Waals surface area (Å²) in [6.07, 6.45) is -5.71. The van der Waals surface area contributed by atoms with Crippen LogP contribution in [0.1, 0.15) is 19.8 Å². The van der Waals surface area contributed by atoms with Crippen molar-refractivity contribution in [1.82, 2.24) is 10.6 Å². The van der Waals surface area contributed by atoms with E-state index in [9.17, 15) is 45.8 Å². The van der Waals surface area contributed by atoms with E-state index in [1.165, 1.54) is 11.4 Å². The van der Waals surface area contributed by atoms with E-state index >= 15 is 0 Å². The topological polar surface area (TPSA) is 117 Å². The number of benzene rings is 1. The second-order valence-electron chi connectivity index (χ2n) is 7.96. The molecule has 1 saturated carbocycles. The van der Waals surface area contributed by atoms with Crippen LogP contribution in [0.15, 0.2) is 18.2 Å². The molecule has 3 rings (SSSR count). The Morgan fingerprint density at radius 1 is 1.18 bits per heavy atom. The van der Waals surface area contributed by atoms with Crippen molar-refractivity contribution in [2.75, 3.05) is 11.9 Å². The molecule has 1 aromatic carbocycles. The van der Waals surface area contributed by atoms with Crippen molar-refractivity contribution in [2.45, 2.75) is 49.6 Å². The summed E-state index contributed by atoms with van der Waals surface area (Å²) in [6.45, 7) is -1.65. The smallest absolute Gasteiger partial charge is 0.455 e. The zero-order valence-corrected chi connectivity index (χ0v) is 16.9. The Bertz CT molecular complexity index is 964. The molecule has 0 radical (unpaired) electrons. The van der Waals surface area contributed by atoms with Crippen LogP contribution in [0, 0.1) is 11.7 Å². The molecule has 33 heavy (non-hydrogen) atoms. The summed E-state index contributed by atoms with van der Waals surface area (Å²) in [7, 11) is 0. The van der Waals surface area contributed by atoms with E-state index in [4.69, 9.17) is 4.74 Å². The first-order valence-electron chi connectivity index (χ1n) is 9.67. The number of halogens is 6. The van der Waals surface area contributed by atoms with Crippen LogP contribution in [-0.4, -0.2) is 59.2 Å². The molecular formula is C19H19F6N3O5. The zero-order chi connectivity index (χ0) is 24.8. The van der Waals surface area contributed by atoms with Crippen molar-refractivity contribution in [3.05, 3.63) is 24.0 Å². The molecule has 1 fully saturated rings. The Morgan fingerprint density at radius 2 is 1.82 bits per heavy atom. The first-order chi connectivity index (χ1) is 15.1. The van der Waals surface area contributed by atoms with Crippen LogP contribution in [0.2, 0.25) is 0 Å². The molecule has 0 spiro atoms. The molecule has 1 aliphatic carbocycles. The maximum atomic E-state index is 13.5. The van der Waals surface area contributed by atoms with Gasteiger partial charge < -0.3 is 25.8 Å². The molecule has 182 valence electrons. The number of carbonyl (C=O) groups excluding carboxylic acids is 3. The van der Waals surface area contributed by atoms with E-state index in [0.717, 1.165) is 12.1 Å². The number of carbonyl (C=O) groups is 3. The largest absolute Gasteiger partial charge is 0.485 e. The van der Waals surface area contributed by atoms with Gasteiger partial charge >= 0.3 is 12.1 Å². The minimum Gasteiger partial charge on any atom is -0.485 e. The van der Waals surface area contributed by atoms with Gasteiger partial charge in [0.1, 0.15) is 23.7 Å². The number of hydrogen-bond acceptors (Lipinski definition) is 5. The summed E-state index contributed by atoms with van der Waals surface area (Å²) in [6, 6.07) is 1.83. The predicted octanol–water partition coefficient (Wildman–Crippen LogP) is 1.48. The highest BCUT2D eigenvalue weighted by molar-refractivity contribution is 6.09. The third-order valence-corrected chi connectivity index (χ3v) is 5.22. The number of hydrogen-bond donors (Lipinski definition) is 4. The summed E-state index contributed by atoms with van der Waals surface area (Å²) < 4.78 is 82.2. The minimum atomic E-state index is -5.96. The third kappa shape index (κ3) is 5.15. The van der Waals surface area contributed by atoms with Gasteiger partial charge in [0, 0.05) is 6.07 Å². The van der Waals surface area contributed by atoms with Crippen LogP contribution >= 0.6 is 0 Å². The molecule has 1 heterocycles. The Kier molecular flexibility index (Phi) is 6.26. The van der Waals surface area contributed by atoms with E-state index in [1.807, 2.05) is 0 Å². The Balaban J connectivity index is 1.74. The second-order valence-corrected chi connectivity index (χ2v) is 7.96. The number of alkyl halides is 5. The van der Waals surface area contributed by atoms with Gasteiger partial charge in [-0.25, -0.2) is 4.39 Å². The molecular weight excluding hydrogens is 464 g/mol. The first-order valence-corrected chi connectivity index (χ1v) is 9.67. The van der Waals surface area contributed by atoms with Crippen LogP contribution in [0.25, 0.3) is 0 Å². The quantitative estimate of drug-likeness (QED) is 0.362. The number of amides is 3. The lowest BCUT2D eigenvalue weighted by Gasteiger charge is -2.29. The van der Waals surface area contributed by atoms with E-state index in [1.54, 1.807) is 0 Å². The molecule has 0 aromatic heterocycles. The lowest BCUT2D eigenvalue weighted by atomic mass is 10.0. The van der Waals surface area contributed by atoms with E-state index in [0.29, 0.717) is 19.8 Å². The summed E-state index contributed by atoms with van der Waals surface area (Å²) in [5.41, 5.74) is -3.14. The summed E-state index contributed by atoms with van der Waals surface area (Å²) in [5.74, 6) is -10.3. The molecule has 0 bridgehead atoms. The molecule has 4 N–H and O–H groups in total. The fourth-order valence-corrected chi connectivity index (χ4v) is 3.07. The van der Waals surface area contributed by atoms with E-state index < -0.39 is 59.9 Å². The fourth-order valence-electron chi connectivity index (χ4n) is 3.07. The van der Waals surface area contributed by atoms with Crippen molar-refractivity contribution >= 4 is 23.4 Å². The molecule has 1 aromatic rings. The van der Waals surface area contributed by atoms with Gasteiger partial charge in [0.15, 0.2) is 0 Å². The maximum Gasteiger partial charge on any atom is 0.455 e. The van der Waals surface area contributed by atoms with E-state index in [2.05, 4.69) is 10.6 Å². The zero-order valence-electron chi connectivity index (χ0n) is 16.9. The second kappa shape index (κ2) is 8.39. The Morgan fingerprint density at radius 3 is 2.39 bits per heavy atom. The van der Waals surface area contributed by atoms with Crippen LogP contribution in [0.4, 0.5) is 32.0 Å². The molecule has 3 amide bonds. The van der Waals surface area contributed by atoms with Crippen molar-refractivity contribution < 1.29 is 50.6 Å². The highest BCUT2D eigenvalue weighted by atomic mass is 19.4. The number of nitrogens with one attached hydrogen (secondary N) is 3. The van der Waals surface area contributed by atoms with E-state index in [-0.39, 0.29) is 17.4 Å². The number of fused-ring (bicyclic) bond motifs is 1. The van der Waals surface area contributed by atoms with Crippen molar-refractivity contribution in [3.8, 4) is 5.75 Å². The third-order valence-electron chi connectivity index (χ3n) is 5.22. The number of aliphatic hydroxyl groups is 1. The molecule has 3 atom stereocenters. The van der Waals surface area contributed by atoms with Gasteiger partial charge in [-0.1, -0.05) is 0 Å². The molecule has 14 heteroatoms. The maximum absolute atomic E-state index is 13.5. The molecule has 2 aliphatic rings. The van der Waals surface area contributed by atoms with Gasteiger partial charge in [0.2, 0.25) is 5.60 Å². The van der Waals surface area contributed by atoms with Crippen LogP contribution in [-0.2, 0) is 14.4 Å². The lowest BCUT2D eigenvalue weighted by Crippen LogP contribution is -2.62. The average molecular weight is 483 g/mol. The van der Waals surface area contributed by atoms with Gasteiger partial charge in [-0.15, -0.1) is 0 Å². The van der Waals surface area contributed by atoms with Crippen LogP contribution in [0.3, 0.4) is 0 Å². The minimum absolute atomic E-state index is 0.0266. The van der Waals surface area contributed by atoms with Crippen molar-refractivity contribution in [1.29, 1.82) is 0 Å². The average Bonchev–Trinajstić information content (AvgIpc) is 3.54. The van der Waals surface area contributed by atoms with Gasteiger partial charge in [-0.3, -0.25) is 14.4 Å². The predicted molar refractivity (Wildman–Crippen MR) is 98.7 cm³/mol. The molecule has 8 nitrogen and oxygen atoms in total. The molecule has 1 aliphatic heterocycles. The summed E-state index contributed by atoms with van der Waals surface area (Å²) in [4.78, 5) is 37.3. The Hall–Kier alpha value is -3.03. The van der Waals surface area contributed by atoms with Crippen LogP contribution in [0.5, 0.6) is 5.75 Å². The number of rotatable bonds is 6. The monoisotopic (exact) mass is 483 g/mol. The fraction of sp³-hybridized carbons (Fsp3) is 0.526. The van der Waals surface area contributed by atoms with Gasteiger partial charge in [-0.05, 0) is 37.8 Å². The Labute approximate surface area is 182 Å². The number of anilines is 1. The van der Waals surface area contributed by atoms with Crippen LogP contribution < -0.4 is 20.7 Å². The van der Waals surface area contributed by atoms with Gasteiger partial charge in [-0.2, -0.15) is 22.0 Å². The summed E-state index contributed by atoms with van der Waals surface area (Å²) in [5, 5.41) is 15.8. The normalized spacial score (nSPS) is 22.7. The lowest BCUT2D eigenvalue weighted by molar-refractivity contribution is -0.278. The number of ether oxygens (including phenoxy) is 1.